The number of carbonyl (C=O) groups excluding carboxylic acids is 3. The maximum atomic E-state index is 12.8. The Kier molecular flexibility index (Phi) is 28.9. The van der Waals surface area contributed by atoms with Crippen LogP contribution in [0.5, 0.6) is 11.5 Å². The standard InChI is InChI=1S/C19H15ClF3NO7.C15H22ClNO2.C8H14ClN5.C3H8NO5P/c1-3-29-17(25)10(2)30-18(26)13-9-12(5-6-15(13)24(27)28)31-16-7-4-11(8-14(16)20)19(21,22)23;1-5-13-8-6-7-11(2)15(13)17(14(18)9-16)12(3)10-19-4;1-4-10-7-12-6(9)13-8(14-7)11-5(2)3;5-3(6)1-4-2-10(7,8)9/h4-10H,3H2,1-2H3;6-8,12H,5,9-10H2,1-4H3;5H,4H2,1-3H3,(H2,10,11,12,13,14);4H,1-2H2,(H,5,6)(H2,7,8,9). The molecule has 0 aliphatic rings. The van der Waals surface area contributed by atoms with E-state index in [2.05, 4.69) is 43.9 Å². The molecule has 4 aromatic rings. The van der Waals surface area contributed by atoms with Gasteiger partial charge in [0.15, 0.2) is 6.10 Å². The minimum absolute atomic E-state index is 0.0223. The molecular formula is C45H59Cl3F3N8O14P. The SMILES string of the molecule is CCNc1nc(Cl)nc(NC(C)C)n1.CCOC(=O)C(C)OC(=O)c1cc(Oc2ccc(C(F)(F)F)cc2Cl)ccc1[N+](=O)[O-].CCc1cccc(C)c1N(C(=O)CCl)C(C)COC.O=C(O)CNCP(=O)(O)O. The first-order valence-electron chi connectivity index (χ1n) is 22.1. The minimum atomic E-state index is -4.61. The summed E-state index contributed by atoms with van der Waals surface area (Å²) in [4.78, 5) is 86.5. The van der Waals surface area contributed by atoms with Crippen LogP contribution in [0.15, 0.2) is 54.6 Å². The summed E-state index contributed by atoms with van der Waals surface area (Å²) in [5.74, 6) is -2.62. The van der Waals surface area contributed by atoms with Crippen molar-refractivity contribution in [2.45, 2.75) is 86.2 Å². The van der Waals surface area contributed by atoms with Crippen molar-refractivity contribution in [2.24, 2.45) is 0 Å². The molecule has 410 valence electrons. The number of carboxylic acids is 1. The van der Waals surface area contributed by atoms with E-state index < -0.39 is 72.4 Å². The number of esters is 2. The second-order valence-corrected chi connectivity index (χ2v) is 18.0. The topological polar surface area (TPSA) is 304 Å². The monoisotopic (exact) mass is 1130 g/mol. The van der Waals surface area contributed by atoms with Crippen molar-refractivity contribution in [1.29, 1.82) is 0 Å². The number of nitro benzene ring substituents is 1. The molecule has 1 amide bonds. The fourth-order valence-corrected chi connectivity index (χ4v) is 6.77. The second-order valence-electron chi connectivity index (χ2n) is 15.3. The molecule has 0 spiro atoms. The molecule has 1 aromatic heterocycles. The second kappa shape index (κ2) is 32.4. The van der Waals surface area contributed by atoms with Crippen LogP contribution < -0.4 is 25.6 Å². The van der Waals surface area contributed by atoms with Crippen molar-refractivity contribution in [3.05, 3.63) is 97.3 Å². The first-order valence-corrected chi connectivity index (χ1v) is 25.2. The lowest BCUT2D eigenvalue weighted by Crippen LogP contribution is -2.43. The molecule has 0 aliphatic heterocycles. The van der Waals surface area contributed by atoms with Crippen LogP contribution in [0.1, 0.15) is 75.5 Å². The quantitative estimate of drug-likeness (QED) is 0.0149. The average Bonchev–Trinajstić information content (AvgIpc) is 3.29. The number of methoxy groups -OCH3 is 1. The zero-order valence-electron chi connectivity index (χ0n) is 41.7. The lowest BCUT2D eigenvalue weighted by molar-refractivity contribution is -0.385. The fraction of sp³-hybridized carbons (Fsp3) is 0.444. The predicted molar refractivity (Wildman–Crippen MR) is 272 cm³/mol. The molecule has 2 atom stereocenters. The fourth-order valence-electron chi connectivity index (χ4n) is 5.86. The lowest BCUT2D eigenvalue weighted by atomic mass is 10.0. The van der Waals surface area contributed by atoms with Gasteiger partial charge < -0.3 is 49.4 Å². The highest BCUT2D eigenvalue weighted by atomic mass is 35.5. The van der Waals surface area contributed by atoms with Gasteiger partial charge in [0.1, 0.15) is 22.9 Å². The van der Waals surface area contributed by atoms with E-state index in [1.807, 2.05) is 46.8 Å². The number of amides is 1. The maximum absolute atomic E-state index is 12.8. The van der Waals surface area contributed by atoms with Crippen LogP contribution in [0, 0.1) is 17.0 Å². The molecule has 0 aliphatic carbocycles. The van der Waals surface area contributed by atoms with Crippen molar-refractivity contribution in [3.8, 4) is 11.5 Å². The molecule has 29 heteroatoms. The number of benzene rings is 3. The van der Waals surface area contributed by atoms with E-state index in [9.17, 15) is 47.0 Å². The van der Waals surface area contributed by atoms with Gasteiger partial charge in [0, 0.05) is 31.8 Å². The number of hydrogen-bond donors (Lipinski definition) is 6. The zero-order valence-corrected chi connectivity index (χ0v) is 44.8. The molecule has 3 aromatic carbocycles. The third kappa shape index (κ3) is 24.0. The summed E-state index contributed by atoms with van der Waals surface area (Å²) in [7, 11) is -2.46. The van der Waals surface area contributed by atoms with E-state index in [4.69, 9.17) is 68.6 Å². The highest BCUT2D eigenvalue weighted by molar-refractivity contribution is 7.51. The van der Waals surface area contributed by atoms with E-state index in [0.29, 0.717) is 24.6 Å². The normalized spacial score (nSPS) is 11.7. The first kappa shape index (κ1) is 66.1. The number of nitro groups is 1. The van der Waals surface area contributed by atoms with Gasteiger partial charge in [-0.25, -0.2) is 9.59 Å². The molecule has 74 heavy (non-hydrogen) atoms. The number of rotatable bonds is 21. The third-order valence-corrected chi connectivity index (χ3v) is 10.2. The van der Waals surface area contributed by atoms with Gasteiger partial charge >= 0.3 is 31.7 Å². The van der Waals surface area contributed by atoms with E-state index >= 15 is 0 Å². The number of carbonyl (C=O) groups is 4. The third-order valence-electron chi connectivity index (χ3n) is 8.90. The Labute approximate surface area is 439 Å². The summed E-state index contributed by atoms with van der Waals surface area (Å²) in [6, 6.07) is 11.7. The molecule has 6 N–H and O–H groups in total. The molecule has 0 bridgehead atoms. The number of aliphatic carboxylic acids is 1. The van der Waals surface area contributed by atoms with Crippen LogP contribution in [0.2, 0.25) is 10.3 Å². The van der Waals surface area contributed by atoms with Gasteiger partial charge in [-0.05, 0) is 102 Å². The Morgan fingerprint density at radius 2 is 1.61 bits per heavy atom. The largest absolute Gasteiger partial charge is 0.480 e. The van der Waals surface area contributed by atoms with E-state index in [1.165, 1.54) is 6.92 Å². The number of anilines is 3. The Bertz CT molecular complexity index is 2550. The van der Waals surface area contributed by atoms with Gasteiger partial charge in [0.2, 0.25) is 23.1 Å². The molecule has 0 radical (unpaired) electrons. The van der Waals surface area contributed by atoms with Crippen LogP contribution in [-0.4, -0.2) is 122 Å². The van der Waals surface area contributed by atoms with E-state index in [1.54, 1.807) is 18.9 Å². The van der Waals surface area contributed by atoms with Gasteiger partial charge in [0.05, 0.1) is 53.3 Å². The number of ether oxygens (including phenoxy) is 4. The van der Waals surface area contributed by atoms with Crippen LogP contribution >= 0.6 is 42.4 Å². The first-order chi connectivity index (χ1) is 34.5. The summed E-state index contributed by atoms with van der Waals surface area (Å²) >= 11 is 17.3. The van der Waals surface area contributed by atoms with Gasteiger partial charge in [-0.15, -0.1) is 11.6 Å². The Hall–Kier alpha value is -5.92. The Morgan fingerprint density at radius 3 is 2.12 bits per heavy atom. The minimum Gasteiger partial charge on any atom is -0.480 e. The Morgan fingerprint density at radius 1 is 0.959 bits per heavy atom. The number of aromatic nitrogens is 3. The zero-order chi connectivity index (χ0) is 56.5. The summed E-state index contributed by atoms with van der Waals surface area (Å²) in [6.45, 7) is 15.7. The molecule has 0 saturated carbocycles. The molecule has 22 nitrogen and oxygen atoms in total. The number of hydrogen-bond acceptors (Lipinski definition) is 17. The van der Waals surface area contributed by atoms with E-state index in [-0.39, 0.29) is 52.3 Å². The Balaban J connectivity index is 0.000000542. The summed E-state index contributed by atoms with van der Waals surface area (Å²) in [5, 5.41) is 27.2. The number of halogens is 6. The number of aryl methyl sites for hydroxylation is 2. The van der Waals surface area contributed by atoms with Gasteiger partial charge in [-0.2, -0.15) is 28.1 Å². The molecule has 0 saturated heterocycles. The van der Waals surface area contributed by atoms with Crippen molar-refractivity contribution >= 4 is 89.5 Å². The molecular weight excluding hydrogens is 1070 g/mol. The number of carboxylic acid groups (broad SMARTS) is 1. The number of alkyl halides is 4. The number of nitrogens with zero attached hydrogens (tertiary/aromatic N) is 5. The van der Waals surface area contributed by atoms with Crippen molar-refractivity contribution in [2.75, 3.05) is 61.1 Å². The lowest BCUT2D eigenvalue weighted by Gasteiger charge is -2.31. The van der Waals surface area contributed by atoms with Crippen LogP contribution in [0.25, 0.3) is 0 Å². The predicted octanol–water partition coefficient (Wildman–Crippen LogP) is 8.90. The molecule has 4 rings (SSSR count). The molecule has 1 heterocycles. The van der Waals surface area contributed by atoms with Crippen LogP contribution in [0.4, 0.5) is 36.4 Å². The number of para-hydroxylation sites is 1. The van der Waals surface area contributed by atoms with Crippen LogP contribution in [-0.2, 0) is 45.8 Å². The van der Waals surface area contributed by atoms with Crippen LogP contribution in [0.3, 0.4) is 0 Å². The summed E-state index contributed by atoms with van der Waals surface area (Å²) in [6.07, 6.45) is -5.66. The van der Waals surface area contributed by atoms with Gasteiger partial charge in [-0.3, -0.25) is 29.6 Å². The van der Waals surface area contributed by atoms with Crippen molar-refractivity contribution < 1.29 is 75.7 Å². The highest BCUT2D eigenvalue weighted by Gasteiger charge is 2.32. The van der Waals surface area contributed by atoms with Crippen molar-refractivity contribution in [1.82, 2.24) is 20.3 Å². The average molecular weight is 1130 g/mol. The summed E-state index contributed by atoms with van der Waals surface area (Å²) < 4.78 is 68.4. The summed E-state index contributed by atoms with van der Waals surface area (Å²) in [5.41, 5.74) is 1.04. The smallest absolute Gasteiger partial charge is 0.416 e. The van der Waals surface area contributed by atoms with E-state index in [0.717, 1.165) is 60.1 Å². The molecule has 0 fully saturated rings. The highest BCUT2D eigenvalue weighted by Crippen LogP contribution is 2.37. The number of nitrogens with one attached hydrogen (secondary N) is 3. The van der Waals surface area contributed by atoms with Gasteiger partial charge in [-0.1, -0.05) is 36.7 Å². The molecule has 2 unspecified atom stereocenters. The van der Waals surface area contributed by atoms with Crippen molar-refractivity contribution in [3.63, 3.8) is 0 Å². The maximum Gasteiger partial charge on any atom is 0.416 e. The van der Waals surface area contributed by atoms with Gasteiger partial charge in [0.25, 0.3) is 5.69 Å².